The van der Waals surface area contributed by atoms with Gasteiger partial charge in [0.2, 0.25) is 0 Å². The van der Waals surface area contributed by atoms with Gasteiger partial charge in [-0.2, -0.15) is 0 Å². The van der Waals surface area contributed by atoms with Crippen LogP contribution >= 0.6 is 0 Å². The normalized spacial score (nSPS) is 26.6. The zero-order valence-electron chi connectivity index (χ0n) is 6.48. The molecule has 0 aromatic carbocycles. The van der Waals surface area contributed by atoms with Crippen molar-refractivity contribution in [2.75, 3.05) is 0 Å². The molecule has 0 saturated carbocycles. The second-order valence-electron chi connectivity index (χ2n) is 2.92. The minimum Gasteiger partial charge on any atom is -0.295 e. The Morgan fingerprint density at radius 1 is 1.70 bits per heavy atom. The van der Waals surface area contributed by atoms with E-state index in [-0.39, 0.29) is 5.78 Å². The highest BCUT2D eigenvalue weighted by atomic mass is 16.1. The summed E-state index contributed by atoms with van der Waals surface area (Å²) in [6.45, 7) is 7.87. The van der Waals surface area contributed by atoms with Crippen LogP contribution in [0.2, 0.25) is 0 Å². The molecule has 1 aliphatic carbocycles. The summed E-state index contributed by atoms with van der Waals surface area (Å²) < 4.78 is 0. The summed E-state index contributed by atoms with van der Waals surface area (Å²) in [6.07, 6.45) is 2.32. The van der Waals surface area contributed by atoms with Gasteiger partial charge in [0.15, 0.2) is 5.78 Å². The number of rotatable bonds is 0. The summed E-state index contributed by atoms with van der Waals surface area (Å²) >= 11 is 0. The van der Waals surface area contributed by atoms with E-state index in [1.165, 1.54) is 0 Å². The summed E-state index contributed by atoms with van der Waals surface area (Å²) in [7, 11) is 0. The lowest BCUT2D eigenvalue weighted by Gasteiger charge is -2.18. The van der Waals surface area contributed by atoms with Gasteiger partial charge < -0.3 is 0 Å². The van der Waals surface area contributed by atoms with Crippen LogP contribution in [0.4, 0.5) is 0 Å². The molecule has 0 radical (unpaired) electrons. The number of ketones is 1. The maximum atomic E-state index is 10.9. The molecule has 0 N–H and O–H groups in total. The summed E-state index contributed by atoms with van der Waals surface area (Å²) in [5.41, 5.74) is 2.16. The minimum atomic E-state index is 0.234. The first kappa shape index (κ1) is 7.26. The van der Waals surface area contributed by atoms with E-state index in [9.17, 15) is 4.79 Å². The maximum Gasteiger partial charge on any atom is 0.156 e. The van der Waals surface area contributed by atoms with Gasteiger partial charge >= 0.3 is 0 Å². The molecule has 0 aromatic rings. The molecule has 0 aliphatic heterocycles. The highest BCUT2D eigenvalue weighted by molar-refractivity contribution is 5.92. The predicted molar refractivity (Wildman–Crippen MR) is 41.7 cm³/mol. The van der Waals surface area contributed by atoms with E-state index in [0.29, 0.717) is 12.3 Å². The van der Waals surface area contributed by atoms with Gasteiger partial charge in [-0.1, -0.05) is 13.5 Å². The standard InChI is InChI=1S/C9H12O/c1-6-4-9(10)5-7(2)8(6)3/h4,7H,3,5H2,1-2H3/t7-/m1/s1. The lowest BCUT2D eigenvalue weighted by molar-refractivity contribution is -0.115. The first-order valence-corrected chi connectivity index (χ1v) is 3.51. The van der Waals surface area contributed by atoms with Crippen LogP contribution in [0, 0.1) is 5.92 Å². The molecule has 1 heteroatoms. The molecule has 1 aliphatic rings. The monoisotopic (exact) mass is 136 g/mol. The zero-order valence-corrected chi connectivity index (χ0v) is 6.48. The van der Waals surface area contributed by atoms with Crippen LogP contribution in [-0.2, 0) is 4.79 Å². The Bertz CT molecular complexity index is 211. The topological polar surface area (TPSA) is 17.1 Å². The van der Waals surface area contributed by atoms with Crippen LogP contribution in [-0.4, -0.2) is 5.78 Å². The van der Waals surface area contributed by atoms with Gasteiger partial charge in [0.05, 0.1) is 0 Å². The van der Waals surface area contributed by atoms with Crippen molar-refractivity contribution in [1.29, 1.82) is 0 Å². The van der Waals surface area contributed by atoms with Crippen LogP contribution < -0.4 is 0 Å². The third-order valence-electron chi connectivity index (χ3n) is 1.99. The van der Waals surface area contributed by atoms with Gasteiger partial charge in [-0.05, 0) is 30.1 Å². The summed E-state index contributed by atoms with van der Waals surface area (Å²) in [5, 5.41) is 0. The van der Waals surface area contributed by atoms with E-state index in [1.807, 2.05) is 13.8 Å². The van der Waals surface area contributed by atoms with E-state index in [1.54, 1.807) is 6.08 Å². The third kappa shape index (κ3) is 1.18. The first-order valence-electron chi connectivity index (χ1n) is 3.51. The van der Waals surface area contributed by atoms with Crippen molar-refractivity contribution in [2.24, 2.45) is 5.92 Å². The third-order valence-corrected chi connectivity index (χ3v) is 1.99. The summed E-state index contributed by atoms with van der Waals surface area (Å²) in [6, 6.07) is 0. The molecule has 0 unspecified atom stereocenters. The van der Waals surface area contributed by atoms with E-state index < -0.39 is 0 Å². The van der Waals surface area contributed by atoms with Crippen LogP contribution in [0.25, 0.3) is 0 Å². The van der Waals surface area contributed by atoms with Gasteiger partial charge in [-0.3, -0.25) is 4.79 Å². The molecule has 10 heavy (non-hydrogen) atoms. The Balaban J connectivity index is 2.91. The molecule has 0 spiro atoms. The van der Waals surface area contributed by atoms with Gasteiger partial charge in [-0.15, -0.1) is 0 Å². The van der Waals surface area contributed by atoms with Crippen molar-refractivity contribution in [3.63, 3.8) is 0 Å². The highest BCUT2D eigenvalue weighted by Crippen LogP contribution is 2.25. The molecular weight excluding hydrogens is 124 g/mol. The summed E-state index contributed by atoms with van der Waals surface area (Å²) in [5.74, 6) is 0.579. The van der Waals surface area contributed by atoms with Crippen LogP contribution in [0.3, 0.4) is 0 Å². The van der Waals surface area contributed by atoms with Crippen LogP contribution in [0.1, 0.15) is 20.3 Å². The fourth-order valence-electron chi connectivity index (χ4n) is 1.21. The van der Waals surface area contributed by atoms with Gasteiger partial charge in [0, 0.05) is 6.42 Å². The molecule has 0 amide bonds. The molecule has 1 rings (SSSR count). The first-order chi connectivity index (χ1) is 4.61. The highest BCUT2D eigenvalue weighted by Gasteiger charge is 2.17. The Labute approximate surface area is 61.4 Å². The van der Waals surface area contributed by atoms with Crippen molar-refractivity contribution in [3.05, 3.63) is 23.8 Å². The fourth-order valence-corrected chi connectivity index (χ4v) is 1.21. The maximum absolute atomic E-state index is 10.9. The van der Waals surface area contributed by atoms with Crippen molar-refractivity contribution < 1.29 is 4.79 Å². The number of hydrogen-bond acceptors (Lipinski definition) is 1. The van der Waals surface area contributed by atoms with Gasteiger partial charge in [0.1, 0.15) is 0 Å². The molecule has 1 nitrogen and oxygen atoms in total. The average Bonchev–Trinajstić information content (AvgIpc) is 1.82. The Morgan fingerprint density at radius 2 is 2.30 bits per heavy atom. The Hall–Kier alpha value is -0.850. The van der Waals surface area contributed by atoms with Crippen molar-refractivity contribution in [2.45, 2.75) is 20.3 Å². The largest absolute Gasteiger partial charge is 0.295 e. The van der Waals surface area contributed by atoms with E-state index in [2.05, 4.69) is 6.58 Å². The number of allylic oxidation sites excluding steroid dienone is 3. The lowest BCUT2D eigenvalue weighted by atomic mass is 9.86. The smallest absolute Gasteiger partial charge is 0.156 e. The molecule has 54 valence electrons. The molecular formula is C9H12O. The fraction of sp³-hybridized carbons (Fsp3) is 0.444. The lowest BCUT2D eigenvalue weighted by Crippen LogP contribution is -2.12. The second-order valence-corrected chi connectivity index (χ2v) is 2.92. The second kappa shape index (κ2) is 2.41. The van der Waals surface area contributed by atoms with Crippen molar-refractivity contribution in [1.82, 2.24) is 0 Å². The molecule has 0 bridgehead atoms. The van der Waals surface area contributed by atoms with Crippen molar-refractivity contribution in [3.8, 4) is 0 Å². The minimum absolute atomic E-state index is 0.234. The predicted octanol–water partition coefficient (Wildman–Crippen LogP) is 2.10. The number of carbonyl (C=O) groups excluding carboxylic acids is 1. The quantitative estimate of drug-likeness (QED) is 0.498. The average molecular weight is 136 g/mol. The molecule has 0 heterocycles. The van der Waals surface area contributed by atoms with Crippen LogP contribution in [0.5, 0.6) is 0 Å². The molecule has 1 atom stereocenters. The summed E-state index contributed by atoms with van der Waals surface area (Å²) in [4.78, 5) is 10.9. The Kier molecular flexibility index (Phi) is 1.75. The van der Waals surface area contributed by atoms with E-state index in [4.69, 9.17) is 0 Å². The molecule has 0 fully saturated rings. The SMILES string of the molecule is C=C1C(C)=CC(=O)C[C@H]1C. The van der Waals surface area contributed by atoms with E-state index in [0.717, 1.165) is 11.1 Å². The molecule has 0 saturated heterocycles. The zero-order chi connectivity index (χ0) is 7.72. The van der Waals surface area contributed by atoms with Gasteiger partial charge in [-0.25, -0.2) is 0 Å². The van der Waals surface area contributed by atoms with Gasteiger partial charge in [0.25, 0.3) is 0 Å². The number of hydrogen-bond donors (Lipinski definition) is 0. The molecule has 0 aromatic heterocycles. The van der Waals surface area contributed by atoms with Crippen molar-refractivity contribution >= 4 is 5.78 Å². The Morgan fingerprint density at radius 3 is 2.80 bits per heavy atom. The van der Waals surface area contributed by atoms with E-state index >= 15 is 0 Å². The van der Waals surface area contributed by atoms with Crippen LogP contribution in [0.15, 0.2) is 23.8 Å². The number of carbonyl (C=O) groups is 1.